The first-order valence-electron chi connectivity index (χ1n) is 7.78. The molecule has 0 aliphatic heterocycles. The minimum atomic E-state index is -0.769. The largest absolute Gasteiger partial charge is 0.494 e. The molecule has 0 atom stereocenters. The van der Waals surface area contributed by atoms with Crippen molar-refractivity contribution in [1.82, 2.24) is 4.98 Å². The second-order valence-electron chi connectivity index (χ2n) is 5.60. The molecular formula is C19H18N2O3. The van der Waals surface area contributed by atoms with Gasteiger partial charge in [0, 0.05) is 23.5 Å². The first-order chi connectivity index (χ1) is 11.6. The number of benzene rings is 2. The molecule has 1 heterocycles. The van der Waals surface area contributed by atoms with Crippen molar-refractivity contribution in [1.29, 1.82) is 0 Å². The second kappa shape index (κ2) is 7.00. The normalized spacial score (nSPS) is 11.3. The van der Waals surface area contributed by atoms with E-state index in [0.29, 0.717) is 12.0 Å². The standard InChI is InChI=1S/C19H18N2O3/c22-18(23)7-3-4-13-8-10-14(11-9-13)20-12-16-15-5-1-2-6-17(15)21-19(16)24/h1-2,5-6,8-12,21,24H,3-4,7H2,(H,22,23). The van der Waals surface area contributed by atoms with E-state index in [1.165, 1.54) is 0 Å². The number of aromatic amines is 1. The van der Waals surface area contributed by atoms with E-state index in [-0.39, 0.29) is 12.3 Å². The van der Waals surface area contributed by atoms with Crippen molar-refractivity contribution in [3.8, 4) is 5.88 Å². The van der Waals surface area contributed by atoms with Crippen molar-refractivity contribution in [3.05, 3.63) is 59.7 Å². The monoisotopic (exact) mass is 322 g/mol. The number of carbonyl (C=O) groups is 1. The molecule has 0 radical (unpaired) electrons. The molecule has 2 aromatic carbocycles. The molecule has 0 fully saturated rings. The molecule has 0 spiro atoms. The SMILES string of the molecule is O=C(O)CCCc1ccc(N=Cc2c(O)[nH]c3ccccc23)cc1. The molecule has 0 saturated heterocycles. The number of aliphatic carboxylic acids is 1. The summed E-state index contributed by atoms with van der Waals surface area (Å²) in [4.78, 5) is 17.9. The molecule has 0 aliphatic rings. The summed E-state index contributed by atoms with van der Waals surface area (Å²) in [6.45, 7) is 0. The molecule has 0 bridgehead atoms. The van der Waals surface area contributed by atoms with Gasteiger partial charge in [-0.25, -0.2) is 0 Å². The fourth-order valence-corrected chi connectivity index (χ4v) is 2.61. The summed E-state index contributed by atoms with van der Waals surface area (Å²) in [6.07, 6.45) is 3.19. The van der Waals surface area contributed by atoms with Crippen molar-refractivity contribution < 1.29 is 15.0 Å². The topological polar surface area (TPSA) is 85.7 Å². The molecule has 122 valence electrons. The number of fused-ring (bicyclic) bond motifs is 1. The van der Waals surface area contributed by atoms with Gasteiger partial charge in [-0.2, -0.15) is 0 Å². The highest BCUT2D eigenvalue weighted by molar-refractivity contribution is 6.02. The van der Waals surface area contributed by atoms with E-state index < -0.39 is 5.97 Å². The molecule has 0 saturated carbocycles. The van der Waals surface area contributed by atoms with Gasteiger partial charge in [0.05, 0.1) is 11.3 Å². The van der Waals surface area contributed by atoms with E-state index in [1.807, 2.05) is 48.5 Å². The number of hydrogen-bond acceptors (Lipinski definition) is 3. The predicted molar refractivity (Wildman–Crippen MR) is 94.2 cm³/mol. The average Bonchev–Trinajstić information content (AvgIpc) is 2.89. The number of hydrogen-bond donors (Lipinski definition) is 3. The molecule has 5 heteroatoms. The summed E-state index contributed by atoms with van der Waals surface area (Å²) in [5.41, 5.74) is 3.40. The van der Waals surface area contributed by atoms with Crippen LogP contribution in [0.15, 0.2) is 53.5 Å². The second-order valence-corrected chi connectivity index (χ2v) is 5.60. The number of carboxylic acid groups (broad SMARTS) is 1. The van der Waals surface area contributed by atoms with Gasteiger partial charge in [0.1, 0.15) is 0 Å². The van der Waals surface area contributed by atoms with Crippen LogP contribution in [0.2, 0.25) is 0 Å². The zero-order chi connectivity index (χ0) is 16.9. The van der Waals surface area contributed by atoms with Crippen LogP contribution in [0.4, 0.5) is 5.69 Å². The first kappa shape index (κ1) is 15.8. The molecular weight excluding hydrogens is 304 g/mol. The molecule has 24 heavy (non-hydrogen) atoms. The lowest BCUT2D eigenvalue weighted by Gasteiger charge is -2.00. The lowest BCUT2D eigenvalue weighted by molar-refractivity contribution is -0.137. The molecule has 3 rings (SSSR count). The predicted octanol–water partition coefficient (Wildman–Crippen LogP) is 4.03. The van der Waals surface area contributed by atoms with Crippen LogP contribution in [0, 0.1) is 0 Å². The third-order valence-corrected chi connectivity index (χ3v) is 3.86. The Hall–Kier alpha value is -3.08. The number of nitrogens with zero attached hydrogens (tertiary/aromatic N) is 1. The van der Waals surface area contributed by atoms with Gasteiger partial charge in [0.25, 0.3) is 0 Å². The number of H-pyrrole nitrogens is 1. The van der Waals surface area contributed by atoms with Gasteiger partial charge in [0.2, 0.25) is 0 Å². The van der Waals surface area contributed by atoms with Crippen LogP contribution in [-0.4, -0.2) is 27.4 Å². The van der Waals surface area contributed by atoms with Crippen LogP contribution in [0.3, 0.4) is 0 Å². The number of para-hydroxylation sites is 1. The Morgan fingerprint density at radius 1 is 1.12 bits per heavy atom. The molecule has 0 unspecified atom stereocenters. The van der Waals surface area contributed by atoms with Crippen molar-refractivity contribution in [2.45, 2.75) is 19.3 Å². The van der Waals surface area contributed by atoms with Crippen LogP contribution in [0.5, 0.6) is 5.88 Å². The summed E-state index contributed by atoms with van der Waals surface area (Å²) in [5, 5.41) is 19.6. The highest BCUT2D eigenvalue weighted by Crippen LogP contribution is 2.26. The molecule has 3 aromatic rings. The van der Waals surface area contributed by atoms with Crippen molar-refractivity contribution in [2.24, 2.45) is 4.99 Å². The maximum atomic E-state index is 10.5. The summed E-state index contributed by atoms with van der Waals surface area (Å²) in [7, 11) is 0. The number of aromatic hydroxyl groups is 1. The highest BCUT2D eigenvalue weighted by atomic mass is 16.4. The Morgan fingerprint density at radius 3 is 2.62 bits per heavy atom. The first-order valence-corrected chi connectivity index (χ1v) is 7.78. The number of aromatic nitrogens is 1. The minimum absolute atomic E-state index is 0.102. The molecule has 0 aliphatic carbocycles. The molecule has 1 aromatic heterocycles. The number of rotatable bonds is 6. The third kappa shape index (κ3) is 3.63. The molecule has 5 nitrogen and oxygen atoms in total. The fraction of sp³-hybridized carbons (Fsp3) is 0.158. The lowest BCUT2D eigenvalue weighted by Crippen LogP contribution is -1.95. The average molecular weight is 322 g/mol. The smallest absolute Gasteiger partial charge is 0.303 e. The van der Waals surface area contributed by atoms with E-state index in [0.717, 1.165) is 28.6 Å². The van der Waals surface area contributed by atoms with Crippen molar-refractivity contribution in [3.63, 3.8) is 0 Å². The van der Waals surface area contributed by atoms with Crippen LogP contribution < -0.4 is 0 Å². The number of aryl methyl sites for hydroxylation is 1. The Bertz CT molecular complexity index is 879. The minimum Gasteiger partial charge on any atom is -0.494 e. The highest BCUT2D eigenvalue weighted by Gasteiger charge is 2.07. The maximum Gasteiger partial charge on any atom is 0.303 e. The van der Waals surface area contributed by atoms with E-state index in [2.05, 4.69) is 9.98 Å². The number of nitrogens with one attached hydrogen (secondary N) is 1. The summed E-state index contributed by atoms with van der Waals surface area (Å²) < 4.78 is 0. The van der Waals surface area contributed by atoms with Gasteiger partial charge in [-0.15, -0.1) is 0 Å². The van der Waals surface area contributed by atoms with Crippen molar-refractivity contribution >= 4 is 28.8 Å². The number of carboxylic acids is 1. The van der Waals surface area contributed by atoms with Crippen LogP contribution in [0.25, 0.3) is 10.9 Å². The molecule has 0 amide bonds. The Kier molecular flexibility index (Phi) is 4.61. The van der Waals surface area contributed by atoms with E-state index in [4.69, 9.17) is 5.11 Å². The zero-order valence-electron chi connectivity index (χ0n) is 13.1. The van der Waals surface area contributed by atoms with Gasteiger partial charge < -0.3 is 15.2 Å². The van der Waals surface area contributed by atoms with Gasteiger partial charge in [-0.05, 0) is 36.6 Å². The summed E-state index contributed by atoms with van der Waals surface area (Å²) >= 11 is 0. The Labute approximate surface area is 139 Å². The van der Waals surface area contributed by atoms with E-state index in [1.54, 1.807) is 6.21 Å². The van der Waals surface area contributed by atoms with Crippen LogP contribution >= 0.6 is 0 Å². The third-order valence-electron chi connectivity index (χ3n) is 3.86. The number of aliphatic imine (C=N–C) groups is 1. The van der Waals surface area contributed by atoms with Crippen LogP contribution in [0.1, 0.15) is 24.0 Å². The van der Waals surface area contributed by atoms with Gasteiger partial charge in [0.15, 0.2) is 5.88 Å². The zero-order valence-corrected chi connectivity index (χ0v) is 13.1. The van der Waals surface area contributed by atoms with Crippen molar-refractivity contribution in [2.75, 3.05) is 0 Å². The maximum absolute atomic E-state index is 10.5. The van der Waals surface area contributed by atoms with Gasteiger partial charge in [-0.1, -0.05) is 30.3 Å². The molecule has 3 N–H and O–H groups in total. The Morgan fingerprint density at radius 2 is 1.88 bits per heavy atom. The fourth-order valence-electron chi connectivity index (χ4n) is 2.61. The summed E-state index contributed by atoms with van der Waals surface area (Å²) in [5.74, 6) is -0.667. The van der Waals surface area contributed by atoms with Gasteiger partial charge in [-0.3, -0.25) is 9.79 Å². The van der Waals surface area contributed by atoms with Crippen LogP contribution in [-0.2, 0) is 11.2 Å². The van der Waals surface area contributed by atoms with Gasteiger partial charge >= 0.3 is 5.97 Å². The van der Waals surface area contributed by atoms with E-state index >= 15 is 0 Å². The quantitative estimate of drug-likeness (QED) is 0.599. The summed E-state index contributed by atoms with van der Waals surface area (Å²) in [6, 6.07) is 15.3. The van der Waals surface area contributed by atoms with E-state index in [9.17, 15) is 9.90 Å². The lowest BCUT2D eigenvalue weighted by atomic mass is 10.1. The Balaban J connectivity index is 1.72.